The molecule has 0 fully saturated rings. The number of aryl methyl sites for hydroxylation is 3. The van der Waals surface area contributed by atoms with Crippen molar-refractivity contribution in [2.45, 2.75) is 33.4 Å². The second kappa shape index (κ2) is 9.67. The maximum Gasteiger partial charge on any atom is 0.262 e. The molecule has 3 aromatic rings. The molecule has 0 aliphatic carbocycles. The minimum atomic E-state index is -0.115. The van der Waals surface area contributed by atoms with Gasteiger partial charge < -0.3 is 14.8 Å². The minimum Gasteiger partial charge on any atom is -0.491 e. The molecule has 29 heavy (non-hydrogen) atoms. The van der Waals surface area contributed by atoms with Gasteiger partial charge in [0.2, 0.25) is 5.91 Å². The van der Waals surface area contributed by atoms with Crippen LogP contribution >= 0.6 is 11.3 Å². The highest BCUT2D eigenvalue weighted by Crippen LogP contribution is 2.25. The number of benzene rings is 1. The molecule has 154 valence electrons. The number of carbonyl (C=O) groups is 1. The summed E-state index contributed by atoms with van der Waals surface area (Å²) in [5.41, 5.74) is 1.85. The predicted molar refractivity (Wildman–Crippen MR) is 114 cm³/mol. The molecule has 0 aliphatic rings. The quantitative estimate of drug-likeness (QED) is 0.544. The summed E-state index contributed by atoms with van der Waals surface area (Å²) in [4.78, 5) is 31.1. The molecular formula is C21H25N3O4S. The zero-order valence-corrected chi connectivity index (χ0v) is 17.7. The first kappa shape index (κ1) is 21.0. The van der Waals surface area contributed by atoms with Gasteiger partial charge in [-0.3, -0.25) is 14.2 Å². The summed E-state index contributed by atoms with van der Waals surface area (Å²) >= 11 is 1.52. The Labute approximate surface area is 173 Å². The van der Waals surface area contributed by atoms with Crippen molar-refractivity contribution in [3.8, 4) is 5.75 Å². The number of nitrogens with zero attached hydrogens (tertiary/aromatic N) is 2. The number of amides is 1. The third kappa shape index (κ3) is 5.21. The maximum atomic E-state index is 12.7. The molecule has 0 spiro atoms. The Morgan fingerprint density at radius 2 is 1.97 bits per heavy atom. The SMILES string of the molecule is COCCOc1ccc(CNC(=O)CCn2cnc3sc(C)c(C)c3c2=O)cc1. The highest BCUT2D eigenvalue weighted by atomic mass is 32.1. The van der Waals surface area contributed by atoms with Gasteiger partial charge in [-0.2, -0.15) is 0 Å². The van der Waals surface area contributed by atoms with E-state index in [0.29, 0.717) is 31.7 Å². The number of thiophene rings is 1. The number of methoxy groups -OCH3 is 1. The lowest BCUT2D eigenvalue weighted by Gasteiger charge is -2.09. The average Bonchev–Trinajstić information content (AvgIpc) is 3.01. The number of aromatic nitrogens is 2. The molecule has 2 aromatic heterocycles. The van der Waals surface area contributed by atoms with Crippen LogP contribution in [0.15, 0.2) is 35.4 Å². The fourth-order valence-electron chi connectivity index (χ4n) is 2.89. The van der Waals surface area contributed by atoms with Crippen LogP contribution in [0.5, 0.6) is 5.75 Å². The van der Waals surface area contributed by atoms with Crippen LogP contribution < -0.4 is 15.6 Å². The second-order valence-electron chi connectivity index (χ2n) is 6.72. The monoisotopic (exact) mass is 415 g/mol. The first-order valence-corrected chi connectivity index (χ1v) is 10.2. The van der Waals surface area contributed by atoms with E-state index >= 15 is 0 Å². The van der Waals surface area contributed by atoms with Crippen molar-refractivity contribution in [2.24, 2.45) is 0 Å². The van der Waals surface area contributed by atoms with Gasteiger partial charge in [0.1, 0.15) is 17.2 Å². The highest BCUT2D eigenvalue weighted by molar-refractivity contribution is 7.18. The van der Waals surface area contributed by atoms with Gasteiger partial charge >= 0.3 is 0 Å². The number of carbonyl (C=O) groups excluding carboxylic acids is 1. The van der Waals surface area contributed by atoms with E-state index in [1.54, 1.807) is 7.11 Å². The summed E-state index contributed by atoms with van der Waals surface area (Å²) in [7, 11) is 1.63. The molecule has 0 saturated heterocycles. The molecular weight excluding hydrogens is 390 g/mol. The smallest absolute Gasteiger partial charge is 0.262 e. The van der Waals surface area contributed by atoms with E-state index in [9.17, 15) is 9.59 Å². The number of rotatable bonds is 9. The number of fused-ring (bicyclic) bond motifs is 1. The first-order valence-electron chi connectivity index (χ1n) is 9.42. The second-order valence-corrected chi connectivity index (χ2v) is 7.92. The molecule has 3 rings (SSSR count). The molecule has 1 N–H and O–H groups in total. The summed E-state index contributed by atoms with van der Waals surface area (Å²) < 4.78 is 12.0. The lowest BCUT2D eigenvalue weighted by atomic mass is 10.2. The largest absolute Gasteiger partial charge is 0.491 e. The zero-order chi connectivity index (χ0) is 20.8. The standard InChI is InChI=1S/C21H25N3O4S/c1-14-15(2)29-20-19(14)21(26)24(13-23-20)9-8-18(25)22-12-16-4-6-17(7-5-16)28-11-10-27-3/h4-7,13H,8-12H2,1-3H3,(H,22,25). The van der Waals surface area contributed by atoms with Crippen LogP contribution in [0.3, 0.4) is 0 Å². The Morgan fingerprint density at radius 3 is 2.69 bits per heavy atom. The Morgan fingerprint density at radius 1 is 1.21 bits per heavy atom. The molecule has 1 amide bonds. The molecule has 7 nitrogen and oxygen atoms in total. The highest BCUT2D eigenvalue weighted by Gasteiger charge is 2.12. The molecule has 0 radical (unpaired) electrons. The van der Waals surface area contributed by atoms with Gasteiger partial charge in [-0.15, -0.1) is 11.3 Å². The van der Waals surface area contributed by atoms with E-state index in [-0.39, 0.29) is 17.9 Å². The van der Waals surface area contributed by atoms with Crippen molar-refractivity contribution in [1.82, 2.24) is 14.9 Å². The molecule has 0 aliphatic heterocycles. The first-order chi connectivity index (χ1) is 14.0. The topological polar surface area (TPSA) is 82.4 Å². The molecule has 0 atom stereocenters. The van der Waals surface area contributed by atoms with Crippen molar-refractivity contribution in [3.63, 3.8) is 0 Å². The third-order valence-corrected chi connectivity index (χ3v) is 5.82. The van der Waals surface area contributed by atoms with Gasteiger partial charge in [-0.05, 0) is 37.1 Å². The van der Waals surface area contributed by atoms with Crippen molar-refractivity contribution in [3.05, 3.63) is 57.0 Å². The van der Waals surface area contributed by atoms with Crippen LogP contribution in [0.4, 0.5) is 0 Å². The summed E-state index contributed by atoms with van der Waals surface area (Å²) in [6.45, 7) is 5.67. The van der Waals surface area contributed by atoms with Gasteiger partial charge in [-0.25, -0.2) is 4.98 Å². The van der Waals surface area contributed by atoms with Crippen LogP contribution in [0.25, 0.3) is 10.2 Å². The van der Waals surface area contributed by atoms with Gasteiger partial charge in [0.25, 0.3) is 5.56 Å². The predicted octanol–water partition coefficient (Wildman–Crippen LogP) is 2.81. The third-order valence-electron chi connectivity index (χ3n) is 4.70. The zero-order valence-electron chi connectivity index (χ0n) is 16.9. The Balaban J connectivity index is 1.51. The van der Waals surface area contributed by atoms with Crippen molar-refractivity contribution in [1.29, 1.82) is 0 Å². The van der Waals surface area contributed by atoms with Gasteiger partial charge in [0.15, 0.2) is 0 Å². The van der Waals surface area contributed by atoms with Crippen LogP contribution in [0, 0.1) is 13.8 Å². The van der Waals surface area contributed by atoms with Gasteiger partial charge in [-0.1, -0.05) is 12.1 Å². The summed E-state index contributed by atoms with van der Waals surface area (Å²) in [6.07, 6.45) is 1.74. The minimum absolute atomic E-state index is 0.0892. The number of nitrogens with one attached hydrogen (secondary N) is 1. The molecule has 0 unspecified atom stereocenters. The summed E-state index contributed by atoms with van der Waals surface area (Å²) in [6, 6.07) is 7.55. The van der Waals surface area contributed by atoms with Gasteiger partial charge in [0, 0.05) is 31.5 Å². The lowest BCUT2D eigenvalue weighted by Crippen LogP contribution is -2.27. The van der Waals surface area contributed by atoms with Gasteiger partial charge in [0.05, 0.1) is 18.3 Å². The van der Waals surface area contributed by atoms with Crippen LogP contribution in [-0.4, -0.2) is 35.8 Å². The molecule has 1 aromatic carbocycles. The Bertz CT molecular complexity index is 1040. The van der Waals surface area contributed by atoms with E-state index in [2.05, 4.69) is 10.3 Å². The van der Waals surface area contributed by atoms with Crippen molar-refractivity contribution < 1.29 is 14.3 Å². The number of hydrogen-bond acceptors (Lipinski definition) is 6. The molecule has 2 heterocycles. The fourth-order valence-corrected chi connectivity index (χ4v) is 3.87. The average molecular weight is 416 g/mol. The number of hydrogen-bond donors (Lipinski definition) is 1. The number of ether oxygens (including phenoxy) is 2. The van der Waals surface area contributed by atoms with E-state index in [0.717, 1.165) is 26.6 Å². The van der Waals surface area contributed by atoms with Crippen molar-refractivity contribution >= 4 is 27.5 Å². The van der Waals surface area contributed by atoms with Crippen molar-refractivity contribution in [2.75, 3.05) is 20.3 Å². The Kier molecular flexibility index (Phi) is 7.00. The Hall–Kier alpha value is -2.71. The summed E-state index contributed by atoms with van der Waals surface area (Å²) in [5, 5.41) is 3.54. The van der Waals surface area contributed by atoms with Crippen LogP contribution in [0.1, 0.15) is 22.4 Å². The van der Waals surface area contributed by atoms with E-state index in [4.69, 9.17) is 9.47 Å². The normalized spacial score (nSPS) is 11.0. The van der Waals surface area contributed by atoms with E-state index < -0.39 is 0 Å². The van der Waals surface area contributed by atoms with Crippen LogP contribution in [0.2, 0.25) is 0 Å². The molecule has 0 saturated carbocycles. The molecule has 8 heteroatoms. The van der Waals surface area contributed by atoms with E-state index in [1.807, 2.05) is 38.1 Å². The maximum absolute atomic E-state index is 12.7. The lowest BCUT2D eigenvalue weighted by molar-refractivity contribution is -0.121. The summed E-state index contributed by atoms with van der Waals surface area (Å²) in [5.74, 6) is 0.647. The molecule has 0 bridgehead atoms. The fraction of sp³-hybridized carbons (Fsp3) is 0.381. The van der Waals surface area contributed by atoms with Crippen LogP contribution in [-0.2, 0) is 22.6 Å². The van der Waals surface area contributed by atoms with E-state index in [1.165, 1.54) is 22.2 Å².